The van der Waals surface area contributed by atoms with Gasteiger partial charge in [-0.1, -0.05) is 0 Å². The second kappa shape index (κ2) is 6.87. The van der Waals surface area contributed by atoms with Crippen molar-refractivity contribution >= 4 is 23.7 Å². The van der Waals surface area contributed by atoms with E-state index in [2.05, 4.69) is 26.0 Å². The zero-order chi connectivity index (χ0) is 18.1. The number of aryl methyl sites for hydroxylation is 1. The van der Waals surface area contributed by atoms with E-state index in [-0.39, 0.29) is 16.9 Å². The van der Waals surface area contributed by atoms with Gasteiger partial charge in [0.1, 0.15) is 11.4 Å². The summed E-state index contributed by atoms with van der Waals surface area (Å²) in [5.41, 5.74) is 8.84. The Kier molecular flexibility index (Phi) is 4.42. The summed E-state index contributed by atoms with van der Waals surface area (Å²) in [5.74, 6) is 1.24. The lowest BCUT2D eigenvalue weighted by Gasteiger charge is -2.27. The smallest absolute Gasteiger partial charge is 0.263 e. The number of nitrogen functional groups attached to an aromatic ring is 1. The van der Waals surface area contributed by atoms with E-state index in [4.69, 9.17) is 10.5 Å². The van der Waals surface area contributed by atoms with Crippen molar-refractivity contribution in [3.63, 3.8) is 0 Å². The van der Waals surface area contributed by atoms with Crippen LogP contribution in [0, 0.1) is 6.92 Å². The third kappa shape index (κ3) is 3.45. The maximum absolute atomic E-state index is 12.4. The van der Waals surface area contributed by atoms with Crippen LogP contribution in [0.15, 0.2) is 22.1 Å². The van der Waals surface area contributed by atoms with Crippen LogP contribution in [0.1, 0.15) is 35.6 Å². The first-order valence-corrected chi connectivity index (χ1v) is 8.85. The van der Waals surface area contributed by atoms with Crippen molar-refractivity contribution in [1.82, 2.24) is 15.0 Å². The Morgan fingerprint density at radius 1 is 1.38 bits per heavy atom. The summed E-state index contributed by atoms with van der Waals surface area (Å²) in [4.78, 5) is 30.4. The second-order valence-corrected chi connectivity index (χ2v) is 6.72. The van der Waals surface area contributed by atoms with E-state index in [0.29, 0.717) is 38.2 Å². The molecule has 2 aliphatic rings. The average Bonchev–Trinajstić information content (AvgIpc) is 3.48. The van der Waals surface area contributed by atoms with Gasteiger partial charge in [-0.25, -0.2) is 0 Å². The van der Waals surface area contributed by atoms with Crippen molar-refractivity contribution < 1.29 is 4.74 Å². The molecule has 136 valence electrons. The fourth-order valence-corrected chi connectivity index (χ4v) is 2.98. The number of aromatic amines is 1. The lowest BCUT2D eigenvalue weighted by Crippen LogP contribution is -2.38. The monoisotopic (exact) mass is 354 g/mol. The van der Waals surface area contributed by atoms with Gasteiger partial charge in [-0.3, -0.25) is 19.8 Å². The molecule has 0 bridgehead atoms. The van der Waals surface area contributed by atoms with Crippen LogP contribution in [-0.4, -0.2) is 47.5 Å². The maximum Gasteiger partial charge on any atom is 0.263 e. The normalized spacial score (nSPS) is 17.8. The first kappa shape index (κ1) is 16.7. The summed E-state index contributed by atoms with van der Waals surface area (Å²) in [5, 5.41) is 0. The molecule has 1 saturated heterocycles. The quantitative estimate of drug-likeness (QED) is 0.806. The molecule has 2 fully saturated rings. The number of nitrogens with zero attached hydrogens (tertiary/aromatic N) is 4. The Morgan fingerprint density at radius 2 is 2.15 bits per heavy atom. The Labute approximate surface area is 151 Å². The number of anilines is 2. The molecule has 26 heavy (non-hydrogen) atoms. The van der Waals surface area contributed by atoms with E-state index in [1.807, 2.05) is 11.8 Å². The Morgan fingerprint density at radius 3 is 2.81 bits per heavy atom. The van der Waals surface area contributed by atoms with Crippen molar-refractivity contribution in [1.29, 1.82) is 0 Å². The van der Waals surface area contributed by atoms with Crippen molar-refractivity contribution in [2.45, 2.75) is 25.7 Å². The van der Waals surface area contributed by atoms with Crippen molar-refractivity contribution in [2.75, 3.05) is 36.9 Å². The van der Waals surface area contributed by atoms with Crippen LogP contribution in [0.5, 0.6) is 0 Å². The highest BCUT2D eigenvalue weighted by molar-refractivity contribution is 5.87. The number of aromatic nitrogens is 3. The summed E-state index contributed by atoms with van der Waals surface area (Å²) in [6, 6.07) is 2.07. The predicted molar refractivity (Wildman–Crippen MR) is 101 cm³/mol. The first-order valence-electron chi connectivity index (χ1n) is 8.85. The van der Waals surface area contributed by atoms with Gasteiger partial charge in [0.2, 0.25) is 5.95 Å². The molecule has 8 heteroatoms. The number of aliphatic imine (C=N–C) groups is 1. The fourth-order valence-electron chi connectivity index (χ4n) is 2.98. The molecule has 0 atom stereocenters. The molecule has 3 N–H and O–H groups in total. The number of morpholine rings is 1. The van der Waals surface area contributed by atoms with Gasteiger partial charge in [0, 0.05) is 30.9 Å². The van der Waals surface area contributed by atoms with Crippen molar-refractivity contribution in [3.05, 3.63) is 39.4 Å². The molecule has 0 amide bonds. The van der Waals surface area contributed by atoms with E-state index in [1.165, 1.54) is 19.1 Å². The van der Waals surface area contributed by atoms with Crippen LogP contribution in [-0.2, 0) is 4.74 Å². The summed E-state index contributed by atoms with van der Waals surface area (Å²) in [6.07, 6.45) is 5.63. The van der Waals surface area contributed by atoms with E-state index in [0.717, 1.165) is 16.9 Å². The van der Waals surface area contributed by atoms with E-state index < -0.39 is 0 Å². The molecular formula is C18H22N6O2. The van der Waals surface area contributed by atoms with Crippen molar-refractivity contribution in [3.8, 4) is 0 Å². The molecule has 2 aromatic rings. The SMILES string of the molecule is Cc1cc(C2CC2)ncc1N=Cc1c(N)nc(N2CCOCC2)[nH]c1=O. The molecular weight excluding hydrogens is 332 g/mol. The minimum Gasteiger partial charge on any atom is -0.383 e. The number of ether oxygens (including phenoxy) is 1. The van der Waals surface area contributed by atoms with Crippen molar-refractivity contribution in [2.24, 2.45) is 4.99 Å². The van der Waals surface area contributed by atoms with Crippen LogP contribution in [0.25, 0.3) is 0 Å². The number of H-pyrrole nitrogens is 1. The van der Waals surface area contributed by atoms with Crippen LogP contribution >= 0.6 is 0 Å². The molecule has 1 saturated carbocycles. The molecule has 0 radical (unpaired) electrons. The predicted octanol–water partition coefficient (Wildman–Crippen LogP) is 1.52. The summed E-state index contributed by atoms with van der Waals surface area (Å²) < 4.78 is 5.31. The van der Waals surface area contributed by atoms with E-state index >= 15 is 0 Å². The number of nitrogens with one attached hydrogen (secondary N) is 1. The highest BCUT2D eigenvalue weighted by Crippen LogP contribution is 2.39. The lowest BCUT2D eigenvalue weighted by molar-refractivity contribution is 0.122. The van der Waals surface area contributed by atoms with Crippen LogP contribution in [0.4, 0.5) is 17.5 Å². The van der Waals surface area contributed by atoms with Crippen LogP contribution in [0.2, 0.25) is 0 Å². The number of nitrogens with two attached hydrogens (primary N) is 1. The van der Waals surface area contributed by atoms with E-state index in [1.54, 1.807) is 6.20 Å². The Hall–Kier alpha value is -2.74. The van der Waals surface area contributed by atoms with Gasteiger partial charge in [0.15, 0.2) is 0 Å². The number of hydrogen-bond donors (Lipinski definition) is 2. The third-order valence-corrected chi connectivity index (χ3v) is 4.72. The molecule has 0 spiro atoms. The zero-order valence-corrected chi connectivity index (χ0v) is 14.7. The van der Waals surface area contributed by atoms with Gasteiger partial charge in [0.05, 0.1) is 25.1 Å². The van der Waals surface area contributed by atoms with Crippen LogP contribution < -0.4 is 16.2 Å². The summed E-state index contributed by atoms with van der Waals surface area (Å²) in [7, 11) is 0. The molecule has 1 aliphatic carbocycles. The number of rotatable bonds is 4. The number of hydrogen-bond acceptors (Lipinski definition) is 7. The summed E-state index contributed by atoms with van der Waals surface area (Å²) >= 11 is 0. The molecule has 8 nitrogen and oxygen atoms in total. The van der Waals surface area contributed by atoms with Gasteiger partial charge in [-0.2, -0.15) is 4.98 Å². The lowest BCUT2D eigenvalue weighted by atomic mass is 10.2. The highest BCUT2D eigenvalue weighted by Gasteiger charge is 2.25. The Bertz CT molecular complexity index is 897. The van der Waals surface area contributed by atoms with Gasteiger partial charge in [0.25, 0.3) is 5.56 Å². The van der Waals surface area contributed by atoms with Gasteiger partial charge < -0.3 is 15.4 Å². The second-order valence-electron chi connectivity index (χ2n) is 6.72. The molecule has 0 unspecified atom stereocenters. The number of pyridine rings is 1. The minimum absolute atomic E-state index is 0.166. The van der Waals surface area contributed by atoms with Gasteiger partial charge in [-0.05, 0) is 31.4 Å². The van der Waals surface area contributed by atoms with E-state index in [9.17, 15) is 4.79 Å². The zero-order valence-electron chi connectivity index (χ0n) is 14.7. The topological polar surface area (TPSA) is 109 Å². The molecule has 0 aromatic carbocycles. The van der Waals surface area contributed by atoms with Gasteiger partial charge >= 0.3 is 0 Å². The Balaban J connectivity index is 1.57. The largest absolute Gasteiger partial charge is 0.383 e. The maximum atomic E-state index is 12.4. The molecule has 1 aliphatic heterocycles. The highest BCUT2D eigenvalue weighted by atomic mass is 16.5. The van der Waals surface area contributed by atoms with Crippen LogP contribution in [0.3, 0.4) is 0 Å². The fraction of sp³-hybridized carbons (Fsp3) is 0.444. The molecule has 4 rings (SSSR count). The third-order valence-electron chi connectivity index (χ3n) is 4.72. The molecule has 2 aromatic heterocycles. The minimum atomic E-state index is -0.303. The summed E-state index contributed by atoms with van der Waals surface area (Å²) in [6.45, 7) is 4.56. The molecule has 3 heterocycles. The first-order chi connectivity index (χ1) is 12.6. The van der Waals surface area contributed by atoms with Gasteiger partial charge in [-0.15, -0.1) is 0 Å². The average molecular weight is 354 g/mol. The standard InChI is InChI=1S/C18H22N6O2/c1-11-8-14(12-2-3-12)21-10-15(11)20-9-13-16(19)22-18(23-17(13)25)24-4-6-26-7-5-24/h8-10,12H,2-7H2,1H3,(H3,19,22,23,25).